The number of rotatable bonds is 9. The zero-order valence-electron chi connectivity index (χ0n) is 16.9. The Bertz CT molecular complexity index is 680. The third-order valence-corrected chi connectivity index (χ3v) is 5.38. The van der Waals surface area contributed by atoms with E-state index in [0.29, 0.717) is 19.7 Å². The molecule has 0 aromatic carbocycles. The number of carbonyl (C=O) groups is 2. The van der Waals surface area contributed by atoms with Crippen molar-refractivity contribution in [2.24, 2.45) is 0 Å². The monoisotopic (exact) mass is 388 g/mol. The average molecular weight is 389 g/mol. The lowest BCUT2D eigenvalue weighted by Crippen LogP contribution is -2.52. The summed E-state index contributed by atoms with van der Waals surface area (Å²) in [7, 11) is 0. The number of ether oxygens (including phenoxy) is 1. The van der Waals surface area contributed by atoms with Crippen LogP contribution in [0.1, 0.15) is 43.9 Å². The Morgan fingerprint density at radius 2 is 2.14 bits per heavy atom. The molecule has 1 aromatic heterocycles. The maximum atomic E-state index is 12.2. The topological polar surface area (TPSA) is 74.8 Å². The number of unbranched alkanes of at least 4 members (excludes halogenated alkanes) is 2. The van der Waals surface area contributed by atoms with E-state index in [1.54, 1.807) is 11.8 Å². The number of aryl methyl sites for hydroxylation is 2. The number of fused-ring (bicyclic) bond motifs is 1. The predicted octanol–water partition coefficient (Wildman–Crippen LogP) is 1.86. The molecule has 1 fully saturated rings. The van der Waals surface area contributed by atoms with Crippen LogP contribution in [0.25, 0.3) is 0 Å². The first-order valence-electron chi connectivity index (χ1n) is 10.5. The molecule has 1 amide bonds. The lowest BCUT2D eigenvalue weighted by molar-refractivity contribution is -0.151. The highest BCUT2D eigenvalue weighted by atomic mass is 16.5. The third-order valence-electron chi connectivity index (χ3n) is 5.38. The molecule has 2 aliphatic heterocycles. The minimum atomic E-state index is -0.324. The van der Waals surface area contributed by atoms with Gasteiger partial charge in [0.25, 0.3) is 0 Å². The Labute approximate surface area is 167 Å². The van der Waals surface area contributed by atoms with E-state index in [9.17, 15) is 9.59 Å². The number of hydrogen-bond acceptors (Lipinski definition) is 6. The van der Waals surface area contributed by atoms with Crippen molar-refractivity contribution in [3.05, 3.63) is 23.4 Å². The Kier molecular flexibility index (Phi) is 7.65. The lowest BCUT2D eigenvalue weighted by atomic mass is 10.1. The first-order chi connectivity index (χ1) is 13.7. The van der Waals surface area contributed by atoms with E-state index in [2.05, 4.69) is 22.3 Å². The third kappa shape index (κ3) is 5.92. The van der Waals surface area contributed by atoms with Crippen molar-refractivity contribution in [3.63, 3.8) is 0 Å². The highest BCUT2D eigenvalue weighted by molar-refractivity contribution is 5.83. The molecule has 0 radical (unpaired) electrons. The van der Waals surface area contributed by atoms with Gasteiger partial charge in [-0.25, -0.2) is 4.98 Å². The zero-order chi connectivity index (χ0) is 19.8. The van der Waals surface area contributed by atoms with Crippen LogP contribution in [-0.2, 0) is 27.2 Å². The van der Waals surface area contributed by atoms with E-state index in [-0.39, 0.29) is 18.4 Å². The fourth-order valence-electron chi connectivity index (χ4n) is 3.80. The summed E-state index contributed by atoms with van der Waals surface area (Å²) in [5.41, 5.74) is 2.50. The SMILES string of the molecule is CCOC(=O)CN1CCN(CCCCCc2ccc3c(n2)NCCC3)CC1=O. The number of carbonyl (C=O) groups excluding carboxylic acids is 2. The van der Waals surface area contributed by atoms with Gasteiger partial charge in [-0.2, -0.15) is 0 Å². The summed E-state index contributed by atoms with van der Waals surface area (Å²) in [6, 6.07) is 4.37. The minimum Gasteiger partial charge on any atom is -0.465 e. The maximum absolute atomic E-state index is 12.2. The second-order valence-corrected chi connectivity index (χ2v) is 7.55. The number of anilines is 1. The van der Waals surface area contributed by atoms with Crippen LogP contribution in [0.4, 0.5) is 5.82 Å². The smallest absolute Gasteiger partial charge is 0.325 e. The van der Waals surface area contributed by atoms with Crippen LogP contribution in [0.5, 0.6) is 0 Å². The van der Waals surface area contributed by atoms with E-state index in [4.69, 9.17) is 9.72 Å². The molecule has 2 aliphatic rings. The van der Waals surface area contributed by atoms with Crippen molar-refractivity contribution in [2.45, 2.75) is 45.4 Å². The Balaban J connectivity index is 1.31. The van der Waals surface area contributed by atoms with E-state index in [0.717, 1.165) is 63.3 Å². The Morgan fingerprint density at radius 1 is 1.25 bits per heavy atom. The number of hydrogen-bond donors (Lipinski definition) is 1. The van der Waals surface area contributed by atoms with E-state index in [1.165, 1.54) is 12.0 Å². The first kappa shape index (κ1) is 20.6. The molecule has 7 nitrogen and oxygen atoms in total. The van der Waals surface area contributed by atoms with Crippen molar-refractivity contribution in [1.82, 2.24) is 14.8 Å². The molecule has 3 rings (SSSR count). The number of nitrogens with zero attached hydrogens (tertiary/aromatic N) is 3. The number of amides is 1. The predicted molar refractivity (Wildman–Crippen MR) is 108 cm³/mol. The summed E-state index contributed by atoms with van der Waals surface area (Å²) in [5, 5.41) is 3.39. The maximum Gasteiger partial charge on any atom is 0.325 e. The molecule has 154 valence electrons. The quantitative estimate of drug-likeness (QED) is 0.514. The van der Waals surface area contributed by atoms with Crippen LogP contribution in [0, 0.1) is 0 Å². The molecular weight excluding hydrogens is 356 g/mol. The molecular formula is C21H32N4O3. The van der Waals surface area contributed by atoms with Crippen molar-refractivity contribution in [2.75, 3.05) is 51.2 Å². The first-order valence-corrected chi connectivity index (χ1v) is 10.5. The van der Waals surface area contributed by atoms with E-state index in [1.807, 2.05) is 0 Å². The number of aromatic nitrogens is 1. The summed E-state index contributed by atoms with van der Waals surface area (Å²) < 4.78 is 4.92. The fourth-order valence-corrected chi connectivity index (χ4v) is 3.80. The van der Waals surface area contributed by atoms with Crippen molar-refractivity contribution < 1.29 is 14.3 Å². The molecule has 28 heavy (non-hydrogen) atoms. The molecule has 0 bridgehead atoms. The standard InChI is InChI=1S/C21H32N4O3/c1-2-28-20(27)16-25-14-13-24(15-19(25)26)12-5-3-4-8-18-10-9-17-7-6-11-22-21(17)23-18/h9-10H,2-8,11-16H2,1H3,(H,22,23). The van der Waals surface area contributed by atoms with Crippen molar-refractivity contribution in [3.8, 4) is 0 Å². The van der Waals surface area contributed by atoms with Gasteiger partial charge in [-0.3, -0.25) is 14.5 Å². The van der Waals surface area contributed by atoms with Crippen LogP contribution in [0.3, 0.4) is 0 Å². The number of esters is 1. The Morgan fingerprint density at radius 3 is 2.96 bits per heavy atom. The number of pyridine rings is 1. The van der Waals surface area contributed by atoms with Crippen LogP contribution in [0.2, 0.25) is 0 Å². The van der Waals surface area contributed by atoms with Gasteiger partial charge in [0.2, 0.25) is 5.91 Å². The summed E-state index contributed by atoms with van der Waals surface area (Å²) in [4.78, 5) is 32.3. The van der Waals surface area contributed by atoms with Gasteiger partial charge in [-0.15, -0.1) is 0 Å². The largest absolute Gasteiger partial charge is 0.465 e. The van der Waals surface area contributed by atoms with Gasteiger partial charge in [0.05, 0.1) is 13.2 Å². The van der Waals surface area contributed by atoms with Gasteiger partial charge < -0.3 is 15.0 Å². The molecule has 0 saturated carbocycles. The molecule has 0 unspecified atom stereocenters. The van der Waals surface area contributed by atoms with E-state index >= 15 is 0 Å². The van der Waals surface area contributed by atoms with Crippen LogP contribution in [0.15, 0.2) is 12.1 Å². The lowest BCUT2D eigenvalue weighted by Gasteiger charge is -2.33. The molecule has 3 heterocycles. The van der Waals surface area contributed by atoms with Gasteiger partial charge in [-0.05, 0) is 57.2 Å². The summed E-state index contributed by atoms with van der Waals surface area (Å²) in [6.45, 7) is 5.97. The second-order valence-electron chi connectivity index (χ2n) is 7.55. The number of nitrogens with one attached hydrogen (secondary N) is 1. The molecule has 1 N–H and O–H groups in total. The number of piperazine rings is 1. The summed E-state index contributed by atoms with van der Waals surface area (Å²) in [5.74, 6) is 0.767. The normalized spacial score (nSPS) is 17.2. The van der Waals surface area contributed by atoms with Gasteiger partial charge in [0.1, 0.15) is 12.4 Å². The molecule has 0 atom stereocenters. The van der Waals surface area contributed by atoms with Gasteiger partial charge in [0, 0.05) is 25.3 Å². The zero-order valence-corrected chi connectivity index (χ0v) is 16.9. The van der Waals surface area contributed by atoms with E-state index < -0.39 is 0 Å². The summed E-state index contributed by atoms with van der Waals surface area (Å²) >= 11 is 0. The van der Waals surface area contributed by atoms with Gasteiger partial charge in [0.15, 0.2) is 0 Å². The molecule has 0 spiro atoms. The highest BCUT2D eigenvalue weighted by Gasteiger charge is 2.25. The van der Waals surface area contributed by atoms with Crippen LogP contribution >= 0.6 is 0 Å². The van der Waals surface area contributed by atoms with Crippen molar-refractivity contribution in [1.29, 1.82) is 0 Å². The second kappa shape index (κ2) is 10.4. The minimum absolute atomic E-state index is 0.0186. The van der Waals surface area contributed by atoms with Crippen molar-refractivity contribution >= 4 is 17.7 Å². The Hall–Kier alpha value is -2.15. The van der Waals surface area contributed by atoms with Crippen LogP contribution in [-0.4, -0.2) is 72.5 Å². The molecule has 1 saturated heterocycles. The molecule has 1 aromatic rings. The fraction of sp³-hybridized carbons (Fsp3) is 0.667. The molecule has 0 aliphatic carbocycles. The highest BCUT2D eigenvalue weighted by Crippen LogP contribution is 2.20. The molecule has 7 heteroatoms. The average Bonchev–Trinajstić information content (AvgIpc) is 2.70. The van der Waals surface area contributed by atoms with Gasteiger partial charge in [-0.1, -0.05) is 12.5 Å². The summed E-state index contributed by atoms with van der Waals surface area (Å²) in [6.07, 6.45) is 6.64. The van der Waals surface area contributed by atoms with Gasteiger partial charge >= 0.3 is 5.97 Å². The van der Waals surface area contributed by atoms with Crippen LogP contribution < -0.4 is 5.32 Å².